The molecule has 4 rings (SSSR count). The van der Waals surface area contributed by atoms with E-state index in [0.29, 0.717) is 0 Å². The zero-order chi connectivity index (χ0) is 15.8. The molecule has 1 amide bonds. The molecule has 1 unspecified atom stereocenters. The monoisotopic (exact) mass is 310 g/mol. The second-order valence-corrected chi connectivity index (χ2v) is 6.47. The summed E-state index contributed by atoms with van der Waals surface area (Å²) < 4.78 is 1.81. The number of likely N-dealkylation sites (tertiary alicyclic amines) is 1. The minimum Gasteiger partial charge on any atom is -0.385 e. The first-order valence-corrected chi connectivity index (χ1v) is 8.39. The van der Waals surface area contributed by atoms with Crippen molar-refractivity contribution >= 4 is 11.6 Å². The van der Waals surface area contributed by atoms with Crippen molar-refractivity contribution in [3.8, 4) is 0 Å². The number of benzene rings is 1. The first kappa shape index (κ1) is 14.3. The molecule has 2 aliphatic rings. The van der Waals surface area contributed by atoms with Crippen LogP contribution in [-0.2, 0) is 13.5 Å². The van der Waals surface area contributed by atoms with Crippen LogP contribution in [0.15, 0.2) is 30.6 Å². The number of aromatic nitrogens is 2. The number of amides is 1. The first-order valence-electron chi connectivity index (χ1n) is 8.39. The zero-order valence-corrected chi connectivity index (χ0v) is 13.5. The summed E-state index contributed by atoms with van der Waals surface area (Å²) in [6.07, 6.45) is 8.05. The Kier molecular flexibility index (Phi) is 3.56. The average Bonchev–Trinajstić information content (AvgIpc) is 3.22. The molecule has 5 nitrogen and oxygen atoms in total. The van der Waals surface area contributed by atoms with Crippen molar-refractivity contribution in [3.05, 3.63) is 47.3 Å². The lowest BCUT2D eigenvalue weighted by Gasteiger charge is -2.27. The second kappa shape index (κ2) is 5.72. The molecule has 1 N–H and O–H groups in total. The van der Waals surface area contributed by atoms with E-state index in [4.69, 9.17) is 0 Å². The van der Waals surface area contributed by atoms with Gasteiger partial charge in [-0.25, -0.2) is 0 Å². The van der Waals surface area contributed by atoms with Gasteiger partial charge in [-0.3, -0.25) is 9.48 Å². The Labute approximate surface area is 136 Å². The van der Waals surface area contributed by atoms with E-state index in [2.05, 4.69) is 16.5 Å². The molecule has 2 aliphatic heterocycles. The fraction of sp³-hybridized carbons (Fsp3) is 0.444. The van der Waals surface area contributed by atoms with Crippen LogP contribution in [-0.4, -0.2) is 33.7 Å². The second-order valence-electron chi connectivity index (χ2n) is 6.47. The SMILES string of the molecule is Cn1cc(C2CCCN2C(=O)c2cccc3c2CCCN3)cn1. The van der Waals surface area contributed by atoms with E-state index in [1.807, 2.05) is 41.2 Å². The summed E-state index contributed by atoms with van der Waals surface area (Å²) >= 11 is 0. The van der Waals surface area contributed by atoms with Gasteiger partial charge in [0.1, 0.15) is 0 Å². The van der Waals surface area contributed by atoms with Gasteiger partial charge in [-0.05, 0) is 43.4 Å². The highest BCUT2D eigenvalue weighted by atomic mass is 16.2. The number of hydrogen-bond donors (Lipinski definition) is 1. The van der Waals surface area contributed by atoms with Crippen LogP contribution in [0.3, 0.4) is 0 Å². The van der Waals surface area contributed by atoms with Crippen molar-refractivity contribution in [2.24, 2.45) is 7.05 Å². The van der Waals surface area contributed by atoms with E-state index in [-0.39, 0.29) is 11.9 Å². The van der Waals surface area contributed by atoms with Crippen LogP contribution in [0.1, 0.15) is 46.8 Å². The number of nitrogens with one attached hydrogen (secondary N) is 1. The molecule has 0 saturated carbocycles. The van der Waals surface area contributed by atoms with Crippen molar-refractivity contribution in [2.75, 3.05) is 18.4 Å². The fourth-order valence-corrected chi connectivity index (χ4v) is 3.83. The highest BCUT2D eigenvalue weighted by Gasteiger charge is 2.32. The van der Waals surface area contributed by atoms with Gasteiger partial charge in [0.25, 0.3) is 5.91 Å². The molecule has 2 aromatic rings. The topological polar surface area (TPSA) is 50.2 Å². The Morgan fingerprint density at radius 2 is 2.26 bits per heavy atom. The predicted octanol–water partition coefficient (Wildman–Crippen LogP) is 2.76. The van der Waals surface area contributed by atoms with Gasteiger partial charge >= 0.3 is 0 Å². The van der Waals surface area contributed by atoms with E-state index in [9.17, 15) is 4.79 Å². The number of carbonyl (C=O) groups is 1. The van der Waals surface area contributed by atoms with E-state index >= 15 is 0 Å². The molecule has 3 heterocycles. The van der Waals surface area contributed by atoms with Gasteiger partial charge in [0, 0.05) is 43.1 Å². The van der Waals surface area contributed by atoms with Crippen LogP contribution in [0.2, 0.25) is 0 Å². The third kappa shape index (κ3) is 2.50. The number of carbonyl (C=O) groups excluding carboxylic acids is 1. The molecule has 0 radical (unpaired) electrons. The largest absolute Gasteiger partial charge is 0.385 e. The van der Waals surface area contributed by atoms with Crippen molar-refractivity contribution in [3.63, 3.8) is 0 Å². The van der Waals surface area contributed by atoms with Gasteiger partial charge in [0.2, 0.25) is 0 Å². The summed E-state index contributed by atoms with van der Waals surface area (Å²) in [4.78, 5) is 15.2. The van der Waals surface area contributed by atoms with Crippen LogP contribution in [0, 0.1) is 0 Å². The normalized spacial score (nSPS) is 20.2. The van der Waals surface area contributed by atoms with E-state index in [0.717, 1.165) is 55.6 Å². The summed E-state index contributed by atoms with van der Waals surface area (Å²) in [7, 11) is 1.92. The minimum absolute atomic E-state index is 0.156. The molecule has 1 aromatic carbocycles. The third-order valence-corrected chi connectivity index (χ3v) is 4.95. The van der Waals surface area contributed by atoms with E-state index < -0.39 is 0 Å². The quantitative estimate of drug-likeness (QED) is 0.928. The third-order valence-electron chi connectivity index (χ3n) is 4.95. The molecule has 5 heteroatoms. The smallest absolute Gasteiger partial charge is 0.254 e. The van der Waals surface area contributed by atoms with Gasteiger partial charge in [-0.2, -0.15) is 5.10 Å². The highest BCUT2D eigenvalue weighted by molar-refractivity contribution is 5.97. The molecule has 0 aliphatic carbocycles. The molecule has 1 atom stereocenters. The fourth-order valence-electron chi connectivity index (χ4n) is 3.83. The Morgan fingerprint density at radius 3 is 3.09 bits per heavy atom. The van der Waals surface area contributed by atoms with Gasteiger partial charge in [0.05, 0.1) is 12.2 Å². The molecule has 1 aromatic heterocycles. The molecular weight excluding hydrogens is 288 g/mol. The van der Waals surface area contributed by atoms with Crippen LogP contribution >= 0.6 is 0 Å². The van der Waals surface area contributed by atoms with Gasteiger partial charge in [0.15, 0.2) is 0 Å². The summed E-state index contributed by atoms with van der Waals surface area (Å²) in [5.74, 6) is 0.164. The van der Waals surface area contributed by atoms with Crippen molar-refractivity contribution < 1.29 is 4.79 Å². The van der Waals surface area contributed by atoms with Crippen molar-refractivity contribution in [2.45, 2.75) is 31.7 Å². The lowest BCUT2D eigenvalue weighted by Crippen LogP contribution is -2.31. The van der Waals surface area contributed by atoms with E-state index in [1.54, 1.807) is 0 Å². The summed E-state index contributed by atoms with van der Waals surface area (Å²) in [5.41, 5.74) is 4.31. The predicted molar refractivity (Wildman–Crippen MR) is 89.5 cm³/mol. The molecule has 0 spiro atoms. The number of fused-ring (bicyclic) bond motifs is 1. The molecule has 1 saturated heterocycles. The van der Waals surface area contributed by atoms with Crippen LogP contribution < -0.4 is 5.32 Å². The zero-order valence-electron chi connectivity index (χ0n) is 13.5. The maximum atomic E-state index is 13.2. The van der Waals surface area contributed by atoms with E-state index in [1.165, 1.54) is 5.56 Å². The molecule has 120 valence electrons. The Hall–Kier alpha value is -2.30. The van der Waals surface area contributed by atoms with Crippen molar-refractivity contribution in [1.29, 1.82) is 0 Å². The Morgan fingerprint density at radius 1 is 1.35 bits per heavy atom. The highest BCUT2D eigenvalue weighted by Crippen LogP contribution is 2.34. The average molecular weight is 310 g/mol. The van der Waals surface area contributed by atoms with Gasteiger partial charge in [-0.15, -0.1) is 0 Å². The standard InChI is InChI=1S/C18H22N4O/c1-21-12-13(11-20-21)17-8-4-10-22(17)18(23)15-5-2-7-16-14(15)6-3-9-19-16/h2,5,7,11-12,17,19H,3-4,6,8-10H2,1H3. The molecule has 0 bridgehead atoms. The van der Waals surface area contributed by atoms with Gasteiger partial charge in [-0.1, -0.05) is 6.07 Å². The maximum Gasteiger partial charge on any atom is 0.254 e. The van der Waals surface area contributed by atoms with Crippen LogP contribution in [0.25, 0.3) is 0 Å². The number of aryl methyl sites for hydroxylation is 1. The minimum atomic E-state index is 0.156. The lowest BCUT2D eigenvalue weighted by molar-refractivity contribution is 0.0734. The van der Waals surface area contributed by atoms with Crippen LogP contribution in [0.5, 0.6) is 0 Å². The maximum absolute atomic E-state index is 13.2. The lowest BCUT2D eigenvalue weighted by atomic mass is 9.96. The van der Waals surface area contributed by atoms with Crippen molar-refractivity contribution in [1.82, 2.24) is 14.7 Å². The number of nitrogens with zero attached hydrogens (tertiary/aromatic N) is 3. The summed E-state index contributed by atoms with van der Waals surface area (Å²) in [5, 5.41) is 7.68. The summed E-state index contributed by atoms with van der Waals surface area (Å²) in [6, 6.07) is 6.20. The number of hydrogen-bond acceptors (Lipinski definition) is 3. The van der Waals surface area contributed by atoms with Gasteiger partial charge < -0.3 is 10.2 Å². The first-order chi connectivity index (χ1) is 11.2. The Balaban J connectivity index is 1.66. The molecular formula is C18H22N4O. The molecule has 1 fully saturated rings. The number of rotatable bonds is 2. The molecule has 23 heavy (non-hydrogen) atoms. The van der Waals surface area contributed by atoms with Crippen LogP contribution in [0.4, 0.5) is 5.69 Å². The number of anilines is 1. The summed E-state index contributed by atoms with van der Waals surface area (Å²) in [6.45, 7) is 1.82. The Bertz CT molecular complexity index is 736.